The largest absolute Gasteiger partial charge is 0.493 e. The van der Waals surface area contributed by atoms with Gasteiger partial charge >= 0.3 is 0 Å². The summed E-state index contributed by atoms with van der Waals surface area (Å²) in [6.45, 7) is 3.56. The Hall–Kier alpha value is -3.00. The summed E-state index contributed by atoms with van der Waals surface area (Å²) in [5.74, 6) is -1.08. The lowest BCUT2D eigenvalue weighted by Crippen LogP contribution is -2.50. The van der Waals surface area contributed by atoms with E-state index >= 15 is 0 Å². The Morgan fingerprint density at radius 1 is 0.971 bits per heavy atom. The van der Waals surface area contributed by atoms with Gasteiger partial charge in [0.15, 0.2) is 11.6 Å². The number of piperidine rings is 2. The van der Waals surface area contributed by atoms with Crippen molar-refractivity contribution in [1.29, 1.82) is 0 Å². The van der Waals surface area contributed by atoms with Crippen LogP contribution in [0.2, 0.25) is 0 Å². The Morgan fingerprint density at radius 2 is 1.74 bits per heavy atom. The zero-order valence-corrected chi connectivity index (χ0v) is 19.9. The second-order valence-corrected chi connectivity index (χ2v) is 9.40. The van der Waals surface area contributed by atoms with Gasteiger partial charge in [0.05, 0.1) is 18.9 Å². The number of benzene rings is 2. The zero-order valence-electron chi connectivity index (χ0n) is 19.9. The summed E-state index contributed by atoms with van der Waals surface area (Å²) >= 11 is 0. The predicted molar refractivity (Wildman–Crippen MR) is 129 cm³/mol. The van der Waals surface area contributed by atoms with Gasteiger partial charge in [0.25, 0.3) is 0 Å². The summed E-state index contributed by atoms with van der Waals surface area (Å²) in [6, 6.07) is 13.5. The highest BCUT2D eigenvalue weighted by molar-refractivity contribution is 5.81. The average Bonchev–Trinajstić information content (AvgIpc) is 2.88. The molecule has 2 aromatic rings. The number of halogens is 2. The molecular formula is C27H33F2N3O3. The first kappa shape index (κ1) is 25.1. The molecule has 1 atom stereocenters. The molecule has 2 aliphatic rings. The minimum absolute atomic E-state index is 0.0158. The normalized spacial score (nSPS) is 19.4. The summed E-state index contributed by atoms with van der Waals surface area (Å²) in [6.07, 6.45) is 3.50. The van der Waals surface area contributed by atoms with Crippen LogP contribution in [0.1, 0.15) is 37.7 Å². The van der Waals surface area contributed by atoms with Crippen LogP contribution in [0.4, 0.5) is 8.78 Å². The van der Waals surface area contributed by atoms with Gasteiger partial charge in [0.1, 0.15) is 5.75 Å². The van der Waals surface area contributed by atoms with E-state index in [1.807, 2.05) is 30.3 Å². The number of hydrogen-bond donors (Lipinski definition) is 1. The van der Waals surface area contributed by atoms with Gasteiger partial charge in [0.2, 0.25) is 11.8 Å². The molecule has 2 fully saturated rings. The van der Waals surface area contributed by atoms with E-state index < -0.39 is 11.6 Å². The van der Waals surface area contributed by atoms with Crippen molar-refractivity contribution in [2.45, 2.75) is 44.7 Å². The standard InChI is InChI=1S/C27H33F2N3O3/c28-24-9-8-20(17-25(24)29)18-31-14-10-22(11-15-31)30-27(34)21-5-4-13-32(19-21)26(33)12-16-35-23-6-2-1-3-7-23/h1-3,6-9,17,21-22H,4-5,10-16,18-19H2,(H,30,34). The molecule has 8 heteroatoms. The maximum absolute atomic E-state index is 13.5. The van der Waals surface area contributed by atoms with Gasteiger partial charge in [-0.15, -0.1) is 0 Å². The van der Waals surface area contributed by atoms with Crippen molar-refractivity contribution in [2.24, 2.45) is 5.92 Å². The molecule has 0 bridgehead atoms. The predicted octanol–water partition coefficient (Wildman–Crippen LogP) is 3.75. The molecule has 0 aliphatic carbocycles. The smallest absolute Gasteiger partial charge is 0.226 e. The molecule has 4 rings (SSSR count). The molecule has 2 aromatic carbocycles. The second-order valence-electron chi connectivity index (χ2n) is 9.40. The molecule has 0 aromatic heterocycles. The maximum atomic E-state index is 13.5. The van der Waals surface area contributed by atoms with Crippen LogP contribution in [-0.4, -0.2) is 60.4 Å². The Kier molecular flexibility index (Phi) is 8.69. The number of rotatable bonds is 8. The van der Waals surface area contributed by atoms with Gasteiger partial charge in [-0.25, -0.2) is 8.78 Å². The molecule has 6 nitrogen and oxygen atoms in total. The number of carbonyl (C=O) groups excluding carboxylic acids is 2. The van der Waals surface area contributed by atoms with Crippen LogP contribution in [-0.2, 0) is 16.1 Å². The fourth-order valence-corrected chi connectivity index (χ4v) is 4.80. The first-order valence-electron chi connectivity index (χ1n) is 12.4. The molecule has 2 aliphatic heterocycles. The summed E-state index contributed by atoms with van der Waals surface area (Å²) in [5, 5.41) is 3.18. The SMILES string of the molecule is O=C(NC1CCN(Cc2ccc(F)c(F)c2)CC1)C1CCCN(C(=O)CCOc2ccccc2)C1. The summed E-state index contributed by atoms with van der Waals surface area (Å²) < 4.78 is 32.2. The molecule has 2 amide bonds. The molecule has 188 valence electrons. The van der Waals surface area contributed by atoms with Crippen molar-refractivity contribution in [3.63, 3.8) is 0 Å². The number of nitrogens with zero attached hydrogens (tertiary/aromatic N) is 2. The van der Waals surface area contributed by atoms with E-state index in [-0.39, 0.29) is 23.8 Å². The molecule has 0 spiro atoms. The van der Waals surface area contributed by atoms with Gasteiger partial charge in [-0.1, -0.05) is 24.3 Å². The van der Waals surface area contributed by atoms with E-state index in [1.54, 1.807) is 11.0 Å². The number of amides is 2. The van der Waals surface area contributed by atoms with Crippen LogP contribution in [0, 0.1) is 17.6 Å². The van der Waals surface area contributed by atoms with Gasteiger partial charge < -0.3 is 15.0 Å². The van der Waals surface area contributed by atoms with Crippen LogP contribution >= 0.6 is 0 Å². The quantitative estimate of drug-likeness (QED) is 0.619. The number of carbonyl (C=O) groups is 2. The summed E-state index contributed by atoms with van der Waals surface area (Å²) in [5.41, 5.74) is 0.743. The van der Waals surface area contributed by atoms with Crippen molar-refractivity contribution in [1.82, 2.24) is 15.1 Å². The molecule has 0 saturated carbocycles. The Labute approximate surface area is 205 Å². The first-order valence-corrected chi connectivity index (χ1v) is 12.4. The topological polar surface area (TPSA) is 61.9 Å². The minimum atomic E-state index is -0.835. The highest BCUT2D eigenvalue weighted by Gasteiger charge is 2.30. The van der Waals surface area contributed by atoms with Gasteiger partial charge in [-0.2, -0.15) is 0 Å². The van der Waals surface area contributed by atoms with Crippen LogP contribution in [0.3, 0.4) is 0 Å². The van der Waals surface area contributed by atoms with E-state index in [0.717, 1.165) is 56.2 Å². The number of likely N-dealkylation sites (tertiary alicyclic amines) is 2. The summed E-state index contributed by atoms with van der Waals surface area (Å²) in [7, 11) is 0. The third kappa shape index (κ3) is 7.24. The third-order valence-electron chi connectivity index (χ3n) is 6.80. The van der Waals surface area contributed by atoms with Crippen molar-refractivity contribution in [2.75, 3.05) is 32.8 Å². The van der Waals surface area contributed by atoms with Gasteiger partial charge in [0, 0.05) is 38.8 Å². The zero-order chi connectivity index (χ0) is 24.6. The molecule has 0 radical (unpaired) electrons. The van der Waals surface area contributed by atoms with Crippen LogP contribution in [0.25, 0.3) is 0 Å². The number of para-hydroxylation sites is 1. The van der Waals surface area contributed by atoms with Gasteiger partial charge in [-0.05, 0) is 55.5 Å². The first-order chi connectivity index (χ1) is 17.0. The Balaban J connectivity index is 1.17. The van der Waals surface area contributed by atoms with E-state index in [9.17, 15) is 18.4 Å². The average molecular weight is 486 g/mol. The number of hydrogen-bond acceptors (Lipinski definition) is 4. The minimum Gasteiger partial charge on any atom is -0.493 e. The highest BCUT2D eigenvalue weighted by atomic mass is 19.2. The van der Waals surface area contributed by atoms with E-state index in [4.69, 9.17) is 4.74 Å². The molecule has 1 N–H and O–H groups in total. The van der Waals surface area contributed by atoms with E-state index in [0.29, 0.717) is 32.7 Å². The lowest BCUT2D eigenvalue weighted by Gasteiger charge is -2.35. The monoisotopic (exact) mass is 485 g/mol. The van der Waals surface area contributed by atoms with Crippen molar-refractivity contribution < 1.29 is 23.1 Å². The lowest BCUT2D eigenvalue weighted by atomic mass is 9.95. The van der Waals surface area contributed by atoms with E-state index in [2.05, 4.69) is 10.2 Å². The summed E-state index contributed by atoms with van der Waals surface area (Å²) in [4.78, 5) is 29.5. The highest BCUT2D eigenvalue weighted by Crippen LogP contribution is 2.20. The molecule has 2 heterocycles. The van der Waals surface area contributed by atoms with Crippen molar-refractivity contribution in [3.05, 3.63) is 65.7 Å². The van der Waals surface area contributed by atoms with Crippen LogP contribution < -0.4 is 10.1 Å². The van der Waals surface area contributed by atoms with Crippen LogP contribution in [0.5, 0.6) is 5.75 Å². The second kappa shape index (κ2) is 12.1. The number of nitrogens with one attached hydrogen (secondary N) is 1. The van der Waals surface area contributed by atoms with Gasteiger partial charge in [-0.3, -0.25) is 14.5 Å². The fraction of sp³-hybridized carbons (Fsp3) is 0.481. The molecule has 1 unspecified atom stereocenters. The maximum Gasteiger partial charge on any atom is 0.226 e. The van der Waals surface area contributed by atoms with Crippen molar-refractivity contribution in [3.8, 4) is 5.75 Å². The van der Waals surface area contributed by atoms with E-state index in [1.165, 1.54) is 6.07 Å². The Bertz CT molecular complexity index is 996. The van der Waals surface area contributed by atoms with Crippen LogP contribution in [0.15, 0.2) is 48.5 Å². The fourth-order valence-electron chi connectivity index (χ4n) is 4.80. The Morgan fingerprint density at radius 3 is 2.49 bits per heavy atom. The van der Waals surface area contributed by atoms with Crippen molar-refractivity contribution >= 4 is 11.8 Å². The number of ether oxygens (including phenoxy) is 1. The third-order valence-corrected chi connectivity index (χ3v) is 6.80. The lowest BCUT2D eigenvalue weighted by molar-refractivity contribution is -0.136. The molecular weight excluding hydrogens is 452 g/mol. The molecule has 35 heavy (non-hydrogen) atoms. The molecule has 2 saturated heterocycles.